The topological polar surface area (TPSA) is 108 Å². The molecule has 0 heterocycles. The first-order chi connectivity index (χ1) is 11.6. The van der Waals surface area contributed by atoms with E-state index in [4.69, 9.17) is 21.0 Å². The van der Waals surface area contributed by atoms with Gasteiger partial charge in [0.25, 0.3) is 0 Å². The third-order valence-electron chi connectivity index (χ3n) is 3.18. The number of nitrogen functional groups attached to an aromatic ring is 1. The number of hydrogen-bond donors (Lipinski definition) is 4. The van der Waals surface area contributed by atoms with Crippen molar-refractivity contribution in [3.63, 3.8) is 0 Å². The summed E-state index contributed by atoms with van der Waals surface area (Å²) in [5.74, 6) is 0.110. The van der Waals surface area contributed by atoms with Gasteiger partial charge in [-0.3, -0.25) is 10.2 Å². The molecule has 6 nitrogen and oxygen atoms in total. The maximum Gasteiger partial charge on any atom is 0.303 e. The number of amidine groups is 1. The minimum atomic E-state index is -0.721. The van der Waals surface area contributed by atoms with Crippen molar-refractivity contribution in [3.05, 3.63) is 29.8 Å². The van der Waals surface area contributed by atoms with Crippen LogP contribution in [0.1, 0.15) is 51.5 Å². The van der Waals surface area contributed by atoms with E-state index in [0.717, 1.165) is 44.5 Å². The number of carboxylic acids is 1. The van der Waals surface area contributed by atoms with E-state index in [1.54, 1.807) is 12.1 Å². The Morgan fingerprint density at radius 2 is 1.75 bits per heavy atom. The van der Waals surface area contributed by atoms with Gasteiger partial charge in [-0.1, -0.05) is 20.3 Å². The molecule has 0 saturated carbocycles. The molecule has 0 radical (unpaired) electrons. The Hall–Kier alpha value is -2.08. The molecule has 1 aromatic carbocycles. The van der Waals surface area contributed by atoms with Crippen molar-refractivity contribution >= 4 is 11.8 Å². The van der Waals surface area contributed by atoms with Crippen LogP contribution in [-0.4, -0.2) is 36.6 Å². The molecular weight excluding hydrogens is 306 g/mol. The molecule has 0 unspecified atom stereocenters. The average Bonchev–Trinajstić information content (AvgIpc) is 2.58. The number of hydrogen-bond acceptors (Lipinski definition) is 4. The standard InChI is InChI=1S/C16H25N3O3.C2H6/c17-16(18)13-6-8-14(9-7-13)22-12-4-11-19-10-3-1-2-5-15(20)21;1-2/h6-9,19H,1-5,10-12H2,(H3,17,18)(H,20,21);1-2H3. The van der Waals surface area contributed by atoms with E-state index in [1.165, 1.54) is 0 Å². The summed E-state index contributed by atoms with van der Waals surface area (Å²) in [4.78, 5) is 10.3. The van der Waals surface area contributed by atoms with Gasteiger partial charge in [0.15, 0.2) is 0 Å². The Kier molecular flexibility index (Phi) is 13.3. The smallest absolute Gasteiger partial charge is 0.303 e. The van der Waals surface area contributed by atoms with Crippen LogP contribution in [0, 0.1) is 5.41 Å². The number of benzene rings is 1. The summed E-state index contributed by atoms with van der Waals surface area (Å²) in [7, 11) is 0. The van der Waals surface area contributed by atoms with E-state index in [1.807, 2.05) is 26.0 Å². The average molecular weight is 337 g/mol. The Balaban J connectivity index is 0.00000254. The fourth-order valence-corrected chi connectivity index (χ4v) is 1.95. The number of ether oxygens (including phenoxy) is 1. The molecular formula is C18H31N3O3. The Morgan fingerprint density at radius 1 is 1.12 bits per heavy atom. The summed E-state index contributed by atoms with van der Waals surface area (Å²) in [5.41, 5.74) is 6.07. The van der Waals surface area contributed by atoms with E-state index >= 15 is 0 Å². The molecule has 6 heteroatoms. The Morgan fingerprint density at radius 3 is 2.33 bits per heavy atom. The highest BCUT2D eigenvalue weighted by molar-refractivity contribution is 5.94. The van der Waals surface area contributed by atoms with Gasteiger partial charge in [0.2, 0.25) is 0 Å². The summed E-state index contributed by atoms with van der Waals surface area (Å²) < 4.78 is 5.60. The highest BCUT2D eigenvalue weighted by Gasteiger charge is 1.98. The van der Waals surface area contributed by atoms with Crippen molar-refractivity contribution in [2.75, 3.05) is 19.7 Å². The Bertz CT molecular complexity index is 461. The van der Waals surface area contributed by atoms with E-state index in [-0.39, 0.29) is 12.3 Å². The molecule has 0 aromatic heterocycles. The second-order valence-electron chi connectivity index (χ2n) is 5.09. The van der Waals surface area contributed by atoms with Crippen LogP contribution < -0.4 is 15.8 Å². The predicted octanol–water partition coefficient (Wildman–Crippen LogP) is 3.00. The van der Waals surface area contributed by atoms with Crippen molar-refractivity contribution in [2.24, 2.45) is 5.73 Å². The molecule has 136 valence electrons. The van der Waals surface area contributed by atoms with E-state index < -0.39 is 5.97 Å². The van der Waals surface area contributed by atoms with Crippen LogP contribution in [0.4, 0.5) is 0 Å². The largest absolute Gasteiger partial charge is 0.494 e. The van der Waals surface area contributed by atoms with Crippen molar-refractivity contribution in [2.45, 2.75) is 46.0 Å². The number of nitrogens with one attached hydrogen (secondary N) is 2. The van der Waals surface area contributed by atoms with Crippen LogP contribution in [0.3, 0.4) is 0 Å². The number of carbonyl (C=O) groups is 1. The number of carboxylic acid groups (broad SMARTS) is 1. The minimum Gasteiger partial charge on any atom is -0.494 e. The number of aliphatic carboxylic acids is 1. The lowest BCUT2D eigenvalue weighted by Crippen LogP contribution is -2.18. The number of nitrogens with two attached hydrogens (primary N) is 1. The fourth-order valence-electron chi connectivity index (χ4n) is 1.95. The van der Waals surface area contributed by atoms with Crippen LogP contribution in [-0.2, 0) is 4.79 Å². The highest BCUT2D eigenvalue weighted by atomic mass is 16.5. The maximum absolute atomic E-state index is 10.3. The molecule has 0 spiro atoms. The van der Waals surface area contributed by atoms with Crippen molar-refractivity contribution in [3.8, 4) is 5.75 Å². The molecule has 0 saturated heterocycles. The number of rotatable bonds is 12. The minimum absolute atomic E-state index is 0.0547. The van der Waals surface area contributed by atoms with Gasteiger partial charge in [-0.25, -0.2) is 0 Å². The fraction of sp³-hybridized carbons (Fsp3) is 0.556. The van der Waals surface area contributed by atoms with Gasteiger partial charge in [-0.05, 0) is 56.6 Å². The normalized spacial score (nSPS) is 9.75. The summed E-state index contributed by atoms with van der Waals surface area (Å²) in [6, 6.07) is 7.17. The summed E-state index contributed by atoms with van der Waals surface area (Å²) in [6.07, 6.45) is 3.86. The van der Waals surface area contributed by atoms with Crippen molar-refractivity contribution in [1.82, 2.24) is 5.32 Å². The molecule has 0 aliphatic carbocycles. The second kappa shape index (κ2) is 14.5. The molecule has 24 heavy (non-hydrogen) atoms. The zero-order valence-electron chi connectivity index (χ0n) is 14.8. The van der Waals surface area contributed by atoms with Crippen molar-refractivity contribution in [1.29, 1.82) is 5.41 Å². The van der Waals surface area contributed by atoms with E-state index in [9.17, 15) is 4.79 Å². The molecule has 5 N–H and O–H groups in total. The first kappa shape index (κ1) is 21.9. The van der Waals surface area contributed by atoms with Gasteiger partial charge in [-0.2, -0.15) is 0 Å². The molecule has 0 atom stereocenters. The Labute approximate surface area is 144 Å². The van der Waals surface area contributed by atoms with Crippen LogP contribution in [0.5, 0.6) is 5.75 Å². The van der Waals surface area contributed by atoms with Crippen molar-refractivity contribution < 1.29 is 14.6 Å². The van der Waals surface area contributed by atoms with Gasteiger partial charge >= 0.3 is 5.97 Å². The summed E-state index contributed by atoms with van der Waals surface area (Å²) >= 11 is 0. The highest BCUT2D eigenvalue weighted by Crippen LogP contribution is 2.11. The van der Waals surface area contributed by atoms with Gasteiger partial charge in [0.1, 0.15) is 11.6 Å². The van der Waals surface area contributed by atoms with Crippen LogP contribution >= 0.6 is 0 Å². The van der Waals surface area contributed by atoms with Gasteiger partial charge in [-0.15, -0.1) is 0 Å². The quantitative estimate of drug-likeness (QED) is 0.266. The third kappa shape index (κ3) is 11.5. The van der Waals surface area contributed by atoms with Gasteiger partial charge in [0, 0.05) is 12.0 Å². The van der Waals surface area contributed by atoms with Crippen LogP contribution in [0.2, 0.25) is 0 Å². The van der Waals surface area contributed by atoms with E-state index in [0.29, 0.717) is 12.2 Å². The summed E-state index contributed by atoms with van der Waals surface area (Å²) in [6.45, 7) is 6.42. The molecule has 0 aliphatic heterocycles. The van der Waals surface area contributed by atoms with Gasteiger partial charge in [0.05, 0.1) is 6.61 Å². The first-order valence-corrected chi connectivity index (χ1v) is 8.59. The predicted molar refractivity (Wildman–Crippen MR) is 97.9 cm³/mol. The summed E-state index contributed by atoms with van der Waals surface area (Å²) in [5, 5.41) is 19.1. The third-order valence-corrected chi connectivity index (χ3v) is 3.18. The van der Waals surface area contributed by atoms with Crippen LogP contribution in [0.25, 0.3) is 0 Å². The SMILES string of the molecule is CC.N=C(N)c1ccc(OCCCNCCCCCC(=O)O)cc1. The monoisotopic (exact) mass is 337 g/mol. The molecule has 0 amide bonds. The molecule has 1 aromatic rings. The first-order valence-electron chi connectivity index (χ1n) is 8.59. The zero-order valence-corrected chi connectivity index (χ0v) is 14.8. The van der Waals surface area contributed by atoms with Crippen LogP contribution in [0.15, 0.2) is 24.3 Å². The lowest BCUT2D eigenvalue weighted by Gasteiger charge is -2.08. The second-order valence-corrected chi connectivity index (χ2v) is 5.09. The molecule has 0 aliphatic rings. The maximum atomic E-state index is 10.3. The lowest BCUT2D eigenvalue weighted by molar-refractivity contribution is -0.137. The number of unbranched alkanes of at least 4 members (excludes halogenated alkanes) is 2. The molecule has 0 bridgehead atoms. The molecule has 0 fully saturated rings. The zero-order chi connectivity index (χ0) is 18.2. The van der Waals surface area contributed by atoms with E-state index in [2.05, 4.69) is 5.32 Å². The molecule has 1 rings (SSSR count). The lowest BCUT2D eigenvalue weighted by atomic mass is 10.2. The van der Waals surface area contributed by atoms with Gasteiger partial charge < -0.3 is 20.9 Å².